The second kappa shape index (κ2) is 9.91. The number of benzene rings is 2. The minimum Gasteiger partial charge on any atom is -0.497 e. The number of para-hydroxylation sites is 2. The lowest BCUT2D eigenvalue weighted by atomic mass is 10.2. The minimum atomic E-state index is -3.02. The van der Waals surface area contributed by atoms with Crippen molar-refractivity contribution in [1.29, 1.82) is 0 Å². The number of rotatable bonds is 8. The van der Waals surface area contributed by atoms with E-state index >= 15 is 0 Å². The summed E-state index contributed by atoms with van der Waals surface area (Å²) in [6.45, 7) is -3.60. The number of nitrogens with one attached hydrogen (secondary N) is 1. The molecule has 0 bridgehead atoms. The average molecular weight is 377 g/mol. The molecule has 6 nitrogen and oxygen atoms in total. The number of anilines is 1. The van der Waals surface area contributed by atoms with Crippen LogP contribution in [0.3, 0.4) is 0 Å². The van der Waals surface area contributed by atoms with E-state index in [0.717, 1.165) is 5.56 Å². The number of alkyl halides is 2. The van der Waals surface area contributed by atoms with Gasteiger partial charge in [-0.25, -0.2) is 4.79 Å². The van der Waals surface area contributed by atoms with E-state index in [1.54, 1.807) is 31.4 Å². The number of methoxy groups -OCH3 is 1. The number of amides is 1. The Balaban J connectivity index is 1.84. The van der Waals surface area contributed by atoms with E-state index in [2.05, 4.69) is 10.1 Å². The molecule has 0 aliphatic heterocycles. The molecule has 2 aromatic rings. The van der Waals surface area contributed by atoms with Crippen LogP contribution >= 0.6 is 0 Å². The smallest absolute Gasteiger partial charge is 0.387 e. The third kappa shape index (κ3) is 6.77. The Morgan fingerprint density at radius 3 is 2.48 bits per heavy atom. The number of hydrogen-bond donors (Lipinski definition) is 1. The maximum atomic E-state index is 12.3. The van der Waals surface area contributed by atoms with Crippen molar-refractivity contribution in [2.24, 2.45) is 0 Å². The van der Waals surface area contributed by atoms with Crippen molar-refractivity contribution < 1.29 is 32.6 Å². The van der Waals surface area contributed by atoms with E-state index in [-0.39, 0.29) is 11.4 Å². The summed E-state index contributed by atoms with van der Waals surface area (Å²) >= 11 is 0. The number of carbonyl (C=O) groups excluding carboxylic acids is 2. The lowest BCUT2D eigenvalue weighted by Gasteiger charge is -2.11. The summed E-state index contributed by atoms with van der Waals surface area (Å²) in [4.78, 5) is 23.5. The predicted molar refractivity (Wildman–Crippen MR) is 94.7 cm³/mol. The van der Waals surface area contributed by atoms with Crippen LogP contribution < -0.4 is 14.8 Å². The third-order valence-electron chi connectivity index (χ3n) is 3.25. The van der Waals surface area contributed by atoms with E-state index in [1.165, 1.54) is 36.4 Å². The number of hydrogen-bond acceptors (Lipinski definition) is 5. The lowest BCUT2D eigenvalue weighted by molar-refractivity contribution is -0.142. The quantitative estimate of drug-likeness (QED) is 0.563. The summed E-state index contributed by atoms with van der Waals surface area (Å²) < 4.78 is 38.8. The zero-order valence-corrected chi connectivity index (χ0v) is 14.4. The van der Waals surface area contributed by atoms with Gasteiger partial charge in [-0.3, -0.25) is 4.79 Å². The van der Waals surface area contributed by atoms with Crippen LogP contribution in [0.2, 0.25) is 0 Å². The number of ether oxygens (including phenoxy) is 3. The van der Waals surface area contributed by atoms with Gasteiger partial charge in [-0.1, -0.05) is 24.3 Å². The maximum absolute atomic E-state index is 12.3. The molecule has 8 heteroatoms. The summed E-state index contributed by atoms with van der Waals surface area (Å²) in [5, 5.41) is 2.35. The Hall–Kier alpha value is -3.42. The van der Waals surface area contributed by atoms with E-state index in [1.807, 2.05) is 0 Å². The Bertz CT molecular complexity index is 806. The summed E-state index contributed by atoms with van der Waals surface area (Å²) in [6.07, 6.45) is 2.69. The standard InChI is InChI=1S/C19H17F2NO5/c1-25-14-9-6-13(7-10-14)8-11-18(24)26-12-17(23)22-15-4-2-3-5-16(15)27-19(20)21/h2-11,19H,12H2,1H3,(H,22,23). The largest absolute Gasteiger partial charge is 0.497 e. The molecule has 0 aromatic heterocycles. The molecule has 1 N–H and O–H groups in total. The molecule has 0 unspecified atom stereocenters. The molecule has 2 rings (SSSR count). The first kappa shape index (κ1) is 19.9. The van der Waals surface area contributed by atoms with Gasteiger partial charge in [-0.05, 0) is 35.9 Å². The molecule has 1 amide bonds. The highest BCUT2D eigenvalue weighted by molar-refractivity contribution is 5.95. The van der Waals surface area contributed by atoms with Crippen LogP contribution in [0.15, 0.2) is 54.6 Å². The van der Waals surface area contributed by atoms with Crippen molar-refractivity contribution in [1.82, 2.24) is 0 Å². The number of halogens is 2. The minimum absolute atomic E-state index is 0.0487. The SMILES string of the molecule is COc1ccc(C=CC(=O)OCC(=O)Nc2ccccc2OC(F)F)cc1. The van der Waals surface area contributed by atoms with E-state index in [4.69, 9.17) is 9.47 Å². The first-order valence-corrected chi connectivity index (χ1v) is 7.80. The van der Waals surface area contributed by atoms with E-state index in [9.17, 15) is 18.4 Å². The molecule has 0 aliphatic rings. The molecule has 0 spiro atoms. The van der Waals surface area contributed by atoms with Gasteiger partial charge in [0.25, 0.3) is 5.91 Å². The highest BCUT2D eigenvalue weighted by atomic mass is 19.3. The molecule has 27 heavy (non-hydrogen) atoms. The second-order valence-corrected chi connectivity index (χ2v) is 5.14. The monoisotopic (exact) mass is 377 g/mol. The summed E-state index contributed by atoms with van der Waals surface area (Å²) in [6, 6.07) is 12.7. The second-order valence-electron chi connectivity index (χ2n) is 5.14. The molecule has 0 fully saturated rings. The zero-order valence-electron chi connectivity index (χ0n) is 14.4. The lowest BCUT2D eigenvalue weighted by Crippen LogP contribution is -2.20. The molecule has 0 saturated heterocycles. The van der Waals surface area contributed by atoms with Crippen molar-refractivity contribution >= 4 is 23.6 Å². The van der Waals surface area contributed by atoms with Gasteiger partial charge in [0.1, 0.15) is 11.5 Å². The number of esters is 1. The van der Waals surface area contributed by atoms with Gasteiger partial charge < -0.3 is 19.5 Å². The van der Waals surface area contributed by atoms with Gasteiger partial charge in [-0.2, -0.15) is 8.78 Å². The van der Waals surface area contributed by atoms with Crippen LogP contribution in [0.4, 0.5) is 14.5 Å². The summed E-state index contributed by atoms with van der Waals surface area (Å²) in [7, 11) is 1.55. The third-order valence-corrected chi connectivity index (χ3v) is 3.25. The van der Waals surface area contributed by atoms with E-state index in [0.29, 0.717) is 5.75 Å². The van der Waals surface area contributed by atoms with Gasteiger partial charge in [0.05, 0.1) is 12.8 Å². The molecule has 2 aromatic carbocycles. The fourth-order valence-corrected chi connectivity index (χ4v) is 2.02. The molecule has 0 saturated carbocycles. The molecule has 142 valence electrons. The molecular formula is C19H17F2NO5. The van der Waals surface area contributed by atoms with E-state index < -0.39 is 25.1 Å². The predicted octanol–water partition coefficient (Wildman–Crippen LogP) is 3.49. The Kier molecular flexibility index (Phi) is 7.30. The Morgan fingerprint density at radius 2 is 1.81 bits per heavy atom. The highest BCUT2D eigenvalue weighted by Crippen LogP contribution is 2.25. The molecular weight excluding hydrogens is 360 g/mol. The van der Waals surface area contributed by atoms with Gasteiger partial charge in [0.2, 0.25) is 0 Å². The number of carbonyl (C=O) groups is 2. The van der Waals surface area contributed by atoms with Crippen LogP contribution in [-0.2, 0) is 14.3 Å². The van der Waals surface area contributed by atoms with Gasteiger partial charge >= 0.3 is 12.6 Å². The van der Waals surface area contributed by atoms with Gasteiger partial charge in [-0.15, -0.1) is 0 Å². The summed E-state index contributed by atoms with van der Waals surface area (Å²) in [5.74, 6) is -0.918. The van der Waals surface area contributed by atoms with Crippen molar-refractivity contribution in [3.8, 4) is 11.5 Å². The van der Waals surface area contributed by atoms with Crippen LogP contribution in [0.25, 0.3) is 6.08 Å². The van der Waals surface area contributed by atoms with Crippen molar-refractivity contribution in [3.05, 3.63) is 60.2 Å². The molecule has 0 aliphatic carbocycles. The molecule has 0 heterocycles. The van der Waals surface area contributed by atoms with Gasteiger partial charge in [0, 0.05) is 6.08 Å². The van der Waals surface area contributed by atoms with Crippen molar-refractivity contribution in [2.75, 3.05) is 19.0 Å². The highest BCUT2D eigenvalue weighted by Gasteiger charge is 2.12. The van der Waals surface area contributed by atoms with Crippen LogP contribution in [-0.4, -0.2) is 32.2 Å². The van der Waals surface area contributed by atoms with Gasteiger partial charge in [0.15, 0.2) is 6.61 Å². The van der Waals surface area contributed by atoms with Crippen LogP contribution in [0.1, 0.15) is 5.56 Å². The normalized spacial score (nSPS) is 10.7. The van der Waals surface area contributed by atoms with Crippen LogP contribution in [0, 0.1) is 0 Å². The maximum Gasteiger partial charge on any atom is 0.387 e. The Labute approximate surface area is 154 Å². The first-order chi connectivity index (χ1) is 13.0. The summed E-state index contributed by atoms with van der Waals surface area (Å²) in [5.41, 5.74) is 0.794. The van der Waals surface area contributed by atoms with Crippen LogP contribution in [0.5, 0.6) is 11.5 Å². The first-order valence-electron chi connectivity index (χ1n) is 7.80. The zero-order chi connectivity index (χ0) is 19.6. The fourth-order valence-electron chi connectivity index (χ4n) is 2.02. The average Bonchev–Trinajstić information content (AvgIpc) is 2.66. The topological polar surface area (TPSA) is 73.9 Å². The Morgan fingerprint density at radius 1 is 1.11 bits per heavy atom. The van der Waals surface area contributed by atoms with Crippen molar-refractivity contribution in [3.63, 3.8) is 0 Å². The molecule has 0 atom stereocenters. The van der Waals surface area contributed by atoms with Crippen molar-refractivity contribution in [2.45, 2.75) is 6.61 Å². The molecule has 0 radical (unpaired) electrons. The fraction of sp³-hybridized carbons (Fsp3) is 0.158.